The molecule has 2 nitrogen and oxygen atoms in total. The van der Waals surface area contributed by atoms with Crippen LogP contribution in [0.15, 0.2) is 0 Å². The molecule has 0 aliphatic heterocycles. The standard InChI is InChI=1S/C7H14FNO/c8-3-4-10-7-2-1-6(9)5-7/h6-7H,1-5,9H2. The molecule has 0 aromatic rings. The molecule has 0 aromatic carbocycles. The molecule has 0 heterocycles. The molecule has 0 bridgehead atoms. The van der Waals surface area contributed by atoms with E-state index in [0.29, 0.717) is 0 Å². The van der Waals surface area contributed by atoms with Gasteiger partial charge in [0.2, 0.25) is 0 Å². The smallest absolute Gasteiger partial charge is 0.113 e. The number of hydrogen-bond donors (Lipinski definition) is 1. The first-order valence-electron chi connectivity index (χ1n) is 3.76. The second-order valence-corrected chi connectivity index (χ2v) is 2.75. The quantitative estimate of drug-likeness (QED) is 0.642. The van der Waals surface area contributed by atoms with Crippen LogP contribution in [0.3, 0.4) is 0 Å². The van der Waals surface area contributed by atoms with Gasteiger partial charge in [-0.25, -0.2) is 4.39 Å². The predicted molar refractivity (Wildman–Crippen MR) is 37.5 cm³/mol. The van der Waals surface area contributed by atoms with Crippen LogP contribution in [-0.4, -0.2) is 25.4 Å². The van der Waals surface area contributed by atoms with Gasteiger partial charge >= 0.3 is 0 Å². The summed E-state index contributed by atoms with van der Waals surface area (Å²) in [5.41, 5.74) is 5.62. The number of ether oxygens (including phenoxy) is 1. The van der Waals surface area contributed by atoms with E-state index in [-0.39, 0.29) is 25.4 Å². The third kappa shape index (κ3) is 2.23. The lowest BCUT2D eigenvalue weighted by atomic mass is 10.3. The van der Waals surface area contributed by atoms with Gasteiger partial charge in [-0.05, 0) is 19.3 Å². The highest BCUT2D eigenvalue weighted by atomic mass is 19.1. The molecule has 2 unspecified atom stereocenters. The van der Waals surface area contributed by atoms with Gasteiger partial charge in [-0.2, -0.15) is 0 Å². The minimum Gasteiger partial charge on any atom is -0.375 e. The molecule has 10 heavy (non-hydrogen) atoms. The van der Waals surface area contributed by atoms with Crippen molar-refractivity contribution in [1.29, 1.82) is 0 Å². The Labute approximate surface area is 60.5 Å². The molecule has 1 rings (SSSR count). The zero-order valence-electron chi connectivity index (χ0n) is 6.05. The molecule has 0 amide bonds. The second-order valence-electron chi connectivity index (χ2n) is 2.75. The number of halogens is 1. The Morgan fingerprint density at radius 3 is 2.80 bits per heavy atom. The summed E-state index contributed by atoms with van der Waals surface area (Å²) in [7, 11) is 0. The van der Waals surface area contributed by atoms with Crippen LogP contribution in [0.5, 0.6) is 0 Å². The molecular formula is C7H14FNO. The lowest BCUT2D eigenvalue weighted by Gasteiger charge is -2.08. The van der Waals surface area contributed by atoms with Crippen LogP contribution >= 0.6 is 0 Å². The summed E-state index contributed by atoms with van der Waals surface area (Å²) in [6, 6.07) is 0.282. The van der Waals surface area contributed by atoms with Crippen molar-refractivity contribution >= 4 is 0 Å². The number of alkyl halides is 1. The Bertz CT molecular complexity index is 99.6. The number of hydrogen-bond acceptors (Lipinski definition) is 2. The van der Waals surface area contributed by atoms with E-state index in [1.807, 2.05) is 0 Å². The molecule has 1 fully saturated rings. The van der Waals surface area contributed by atoms with Gasteiger partial charge in [-0.15, -0.1) is 0 Å². The number of rotatable bonds is 3. The first kappa shape index (κ1) is 7.95. The van der Waals surface area contributed by atoms with Crippen LogP contribution in [0.2, 0.25) is 0 Å². The normalized spacial score (nSPS) is 33.0. The van der Waals surface area contributed by atoms with Crippen LogP contribution in [0, 0.1) is 0 Å². The maximum atomic E-state index is 11.6. The van der Waals surface area contributed by atoms with Crippen molar-refractivity contribution in [3.05, 3.63) is 0 Å². The molecule has 1 aliphatic carbocycles. The number of nitrogens with two attached hydrogens (primary N) is 1. The topological polar surface area (TPSA) is 35.2 Å². The van der Waals surface area contributed by atoms with Gasteiger partial charge in [0.1, 0.15) is 6.67 Å². The highest BCUT2D eigenvalue weighted by Crippen LogP contribution is 2.19. The Kier molecular flexibility index (Phi) is 3.09. The molecular weight excluding hydrogens is 133 g/mol. The summed E-state index contributed by atoms with van der Waals surface area (Å²) in [6.45, 7) is -0.150. The summed E-state index contributed by atoms with van der Waals surface area (Å²) >= 11 is 0. The molecule has 2 atom stereocenters. The summed E-state index contributed by atoms with van der Waals surface area (Å²) in [5, 5.41) is 0. The van der Waals surface area contributed by atoms with Gasteiger partial charge < -0.3 is 10.5 Å². The molecule has 0 radical (unpaired) electrons. The van der Waals surface area contributed by atoms with Crippen LogP contribution in [-0.2, 0) is 4.74 Å². The molecule has 60 valence electrons. The van der Waals surface area contributed by atoms with Gasteiger partial charge in [0, 0.05) is 6.04 Å². The lowest BCUT2D eigenvalue weighted by molar-refractivity contribution is 0.0484. The van der Waals surface area contributed by atoms with E-state index in [4.69, 9.17) is 10.5 Å². The van der Waals surface area contributed by atoms with Gasteiger partial charge in [0.15, 0.2) is 0 Å². The minimum atomic E-state index is -0.383. The van der Waals surface area contributed by atoms with Crippen molar-refractivity contribution in [1.82, 2.24) is 0 Å². The van der Waals surface area contributed by atoms with Gasteiger partial charge in [-0.1, -0.05) is 0 Å². The zero-order chi connectivity index (χ0) is 7.40. The molecule has 2 N–H and O–H groups in total. The fourth-order valence-electron chi connectivity index (χ4n) is 1.34. The van der Waals surface area contributed by atoms with E-state index >= 15 is 0 Å². The van der Waals surface area contributed by atoms with Crippen molar-refractivity contribution in [2.75, 3.05) is 13.3 Å². The lowest BCUT2D eigenvalue weighted by Crippen LogP contribution is -2.18. The molecule has 1 saturated carbocycles. The van der Waals surface area contributed by atoms with Crippen molar-refractivity contribution in [2.24, 2.45) is 5.73 Å². The van der Waals surface area contributed by atoms with Gasteiger partial charge in [0.25, 0.3) is 0 Å². The Balaban J connectivity index is 2.06. The summed E-state index contributed by atoms with van der Waals surface area (Å²) in [4.78, 5) is 0. The molecule has 0 spiro atoms. The molecule has 3 heteroatoms. The summed E-state index contributed by atoms with van der Waals surface area (Å²) in [5.74, 6) is 0. The highest BCUT2D eigenvalue weighted by molar-refractivity contribution is 4.77. The first-order chi connectivity index (χ1) is 4.83. The average Bonchev–Trinajstić information content (AvgIpc) is 2.31. The molecule has 0 saturated heterocycles. The second kappa shape index (κ2) is 3.88. The highest BCUT2D eigenvalue weighted by Gasteiger charge is 2.21. The maximum Gasteiger partial charge on any atom is 0.113 e. The third-order valence-electron chi connectivity index (χ3n) is 1.86. The van der Waals surface area contributed by atoms with E-state index in [1.165, 1.54) is 0 Å². The van der Waals surface area contributed by atoms with Gasteiger partial charge in [0.05, 0.1) is 12.7 Å². The van der Waals surface area contributed by atoms with Crippen molar-refractivity contribution < 1.29 is 9.13 Å². The van der Waals surface area contributed by atoms with Crippen LogP contribution in [0.4, 0.5) is 4.39 Å². The first-order valence-corrected chi connectivity index (χ1v) is 3.76. The SMILES string of the molecule is NC1CCC(OCCF)C1. The van der Waals surface area contributed by atoms with E-state index < -0.39 is 0 Å². The zero-order valence-corrected chi connectivity index (χ0v) is 6.05. The van der Waals surface area contributed by atoms with Gasteiger partial charge in [-0.3, -0.25) is 0 Å². The van der Waals surface area contributed by atoms with E-state index in [0.717, 1.165) is 19.3 Å². The largest absolute Gasteiger partial charge is 0.375 e. The Morgan fingerprint density at radius 2 is 2.30 bits per heavy atom. The minimum absolute atomic E-state index is 0.228. The third-order valence-corrected chi connectivity index (χ3v) is 1.86. The van der Waals surface area contributed by atoms with E-state index in [1.54, 1.807) is 0 Å². The van der Waals surface area contributed by atoms with Crippen molar-refractivity contribution in [3.8, 4) is 0 Å². The molecule has 1 aliphatic rings. The summed E-state index contributed by atoms with van der Waals surface area (Å²) < 4.78 is 16.8. The van der Waals surface area contributed by atoms with E-state index in [2.05, 4.69) is 0 Å². The van der Waals surface area contributed by atoms with Crippen LogP contribution < -0.4 is 5.73 Å². The van der Waals surface area contributed by atoms with Crippen LogP contribution in [0.1, 0.15) is 19.3 Å². The fourth-order valence-corrected chi connectivity index (χ4v) is 1.34. The van der Waals surface area contributed by atoms with E-state index in [9.17, 15) is 4.39 Å². The Hall–Kier alpha value is -0.150. The predicted octanol–water partition coefficient (Wildman–Crippen LogP) is 0.852. The summed E-state index contributed by atoms with van der Waals surface area (Å²) in [6.07, 6.45) is 3.16. The average molecular weight is 147 g/mol. The van der Waals surface area contributed by atoms with Crippen molar-refractivity contribution in [2.45, 2.75) is 31.4 Å². The van der Waals surface area contributed by atoms with Crippen LogP contribution in [0.25, 0.3) is 0 Å². The monoisotopic (exact) mass is 147 g/mol. The maximum absolute atomic E-state index is 11.6. The molecule has 0 aromatic heterocycles. The van der Waals surface area contributed by atoms with Crippen molar-refractivity contribution in [3.63, 3.8) is 0 Å². The fraction of sp³-hybridized carbons (Fsp3) is 1.00. The Morgan fingerprint density at radius 1 is 1.50 bits per heavy atom.